The minimum Gasteiger partial charge on any atom is -0.388 e. The van der Waals surface area contributed by atoms with E-state index in [1.165, 1.54) is 6.07 Å². The summed E-state index contributed by atoms with van der Waals surface area (Å²) in [6, 6.07) is 12.4. The molecule has 0 bridgehead atoms. The van der Waals surface area contributed by atoms with Crippen LogP contribution in [-0.4, -0.2) is 5.11 Å². The molecular formula is C15H14ClFO. The molecular weight excluding hydrogens is 251 g/mol. The third kappa shape index (κ3) is 2.71. The molecule has 0 aliphatic rings. The lowest BCUT2D eigenvalue weighted by atomic mass is 9.98. The van der Waals surface area contributed by atoms with E-state index in [0.29, 0.717) is 6.42 Å². The zero-order chi connectivity index (χ0) is 13.1. The van der Waals surface area contributed by atoms with E-state index in [9.17, 15) is 9.50 Å². The quantitative estimate of drug-likeness (QED) is 0.886. The number of hydrogen-bond donors (Lipinski definition) is 1. The van der Waals surface area contributed by atoms with Crippen molar-refractivity contribution in [2.75, 3.05) is 0 Å². The van der Waals surface area contributed by atoms with Gasteiger partial charge in [0, 0.05) is 12.0 Å². The third-order valence-electron chi connectivity index (χ3n) is 3.01. The first-order valence-corrected chi connectivity index (χ1v) is 6.14. The molecule has 0 amide bonds. The van der Waals surface area contributed by atoms with E-state index in [1.54, 1.807) is 12.1 Å². The fourth-order valence-corrected chi connectivity index (χ4v) is 2.12. The molecule has 0 spiro atoms. The van der Waals surface area contributed by atoms with E-state index in [2.05, 4.69) is 0 Å². The van der Waals surface area contributed by atoms with Crippen LogP contribution in [0.3, 0.4) is 0 Å². The highest BCUT2D eigenvalue weighted by Crippen LogP contribution is 2.26. The van der Waals surface area contributed by atoms with Crippen molar-refractivity contribution in [1.29, 1.82) is 0 Å². The summed E-state index contributed by atoms with van der Waals surface area (Å²) >= 11 is 5.71. The molecule has 0 fully saturated rings. The summed E-state index contributed by atoms with van der Waals surface area (Å²) < 4.78 is 13.8. The zero-order valence-corrected chi connectivity index (χ0v) is 10.8. The molecule has 2 aromatic carbocycles. The molecule has 18 heavy (non-hydrogen) atoms. The standard InChI is InChI=1S/C15H14ClFO/c1-10-5-2-3-6-11(10)9-14(18)12-7-4-8-13(16)15(12)17/h2-8,14,18H,9H2,1H3. The van der Waals surface area contributed by atoms with Gasteiger partial charge < -0.3 is 5.11 Å². The highest BCUT2D eigenvalue weighted by atomic mass is 35.5. The molecule has 0 heterocycles. The van der Waals surface area contributed by atoms with E-state index in [-0.39, 0.29) is 10.6 Å². The van der Waals surface area contributed by atoms with Crippen LogP contribution < -0.4 is 0 Å². The first-order chi connectivity index (χ1) is 8.59. The second-order valence-electron chi connectivity index (χ2n) is 4.29. The van der Waals surface area contributed by atoms with Crippen LogP contribution in [0.4, 0.5) is 4.39 Å². The minimum atomic E-state index is -0.884. The van der Waals surface area contributed by atoms with Gasteiger partial charge >= 0.3 is 0 Å². The Bertz CT molecular complexity index is 554. The SMILES string of the molecule is Cc1ccccc1CC(O)c1cccc(Cl)c1F. The van der Waals surface area contributed by atoms with Gasteiger partial charge in [-0.05, 0) is 24.1 Å². The van der Waals surface area contributed by atoms with Crippen molar-refractivity contribution in [2.45, 2.75) is 19.4 Å². The summed E-state index contributed by atoms with van der Waals surface area (Å²) in [6.45, 7) is 1.97. The maximum absolute atomic E-state index is 13.8. The van der Waals surface area contributed by atoms with Gasteiger partial charge in [-0.1, -0.05) is 48.0 Å². The molecule has 2 aromatic rings. The Labute approximate surface area is 111 Å². The first-order valence-electron chi connectivity index (χ1n) is 5.76. The number of benzene rings is 2. The topological polar surface area (TPSA) is 20.2 Å². The van der Waals surface area contributed by atoms with Crippen molar-refractivity contribution < 1.29 is 9.50 Å². The van der Waals surface area contributed by atoms with Crippen LogP contribution >= 0.6 is 11.6 Å². The first kappa shape index (κ1) is 13.1. The van der Waals surface area contributed by atoms with E-state index in [4.69, 9.17) is 11.6 Å². The summed E-state index contributed by atoms with van der Waals surface area (Å²) in [5.74, 6) is -0.541. The van der Waals surface area contributed by atoms with Gasteiger partial charge in [0.25, 0.3) is 0 Å². The van der Waals surface area contributed by atoms with Crippen LogP contribution in [0.25, 0.3) is 0 Å². The van der Waals surface area contributed by atoms with E-state index >= 15 is 0 Å². The fraction of sp³-hybridized carbons (Fsp3) is 0.200. The van der Waals surface area contributed by atoms with Gasteiger partial charge in [-0.25, -0.2) is 4.39 Å². The smallest absolute Gasteiger partial charge is 0.147 e. The predicted octanol–water partition coefficient (Wildman–Crippen LogP) is 4.06. The zero-order valence-electron chi connectivity index (χ0n) is 10.0. The molecule has 0 aromatic heterocycles. The van der Waals surface area contributed by atoms with Crippen LogP contribution in [-0.2, 0) is 6.42 Å². The predicted molar refractivity (Wildman–Crippen MR) is 71.3 cm³/mol. The Balaban J connectivity index is 2.25. The molecule has 0 aliphatic heterocycles. The van der Waals surface area contributed by atoms with E-state index < -0.39 is 11.9 Å². The van der Waals surface area contributed by atoms with Crippen molar-refractivity contribution in [3.63, 3.8) is 0 Å². The Morgan fingerprint density at radius 1 is 1.17 bits per heavy atom. The Kier molecular flexibility index (Phi) is 4.00. The van der Waals surface area contributed by atoms with Crippen molar-refractivity contribution in [2.24, 2.45) is 0 Å². The van der Waals surface area contributed by atoms with Gasteiger partial charge in [0.1, 0.15) is 5.82 Å². The van der Waals surface area contributed by atoms with Gasteiger partial charge in [-0.3, -0.25) is 0 Å². The van der Waals surface area contributed by atoms with Gasteiger partial charge in [0.2, 0.25) is 0 Å². The molecule has 0 aliphatic carbocycles. The Morgan fingerprint density at radius 3 is 2.61 bits per heavy atom. The summed E-state index contributed by atoms with van der Waals surface area (Å²) in [6.07, 6.45) is -0.506. The van der Waals surface area contributed by atoms with Crippen molar-refractivity contribution in [3.05, 3.63) is 70.0 Å². The van der Waals surface area contributed by atoms with Gasteiger partial charge in [-0.2, -0.15) is 0 Å². The lowest BCUT2D eigenvalue weighted by Gasteiger charge is -2.14. The monoisotopic (exact) mass is 264 g/mol. The summed E-state index contributed by atoms with van der Waals surface area (Å²) in [4.78, 5) is 0. The van der Waals surface area contributed by atoms with Crippen LogP contribution in [0.2, 0.25) is 5.02 Å². The fourth-order valence-electron chi connectivity index (χ4n) is 1.94. The number of aliphatic hydroxyl groups excluding tert-OH is 1. The molecule has 0 radical (unpaired) electrons. The normalized spacial score (nSPS) is 12.4. The van der Waals surface area contributed by atoms with Gasteiger partial charge in [0.05, 0.1) is 11.1 Å². The molecule has 1 N–H and O–H groups in total. The molecule has 2 rings (SSSR count). The number of aryl methyl sites for hydroxylation is 1. The van der Waals surface area contributed by atoms with E-state index in [0.717, 1.165) is 11.1 Å². The van der Waals surface area contributed by atoms with Crippen molar-refractivity contribution in [3.8, 4) is 0 Å². The molecule has 0 saturated heterocycles. The van der Waals surface area contributed by atoms with Gasteiger partial charge in [-0.15, -0.1) is 0 Å². The summed E-state index contributed by atoms with van der Waals surface area (Å²) in [5.41, 5.74) is 2.33. The van der Waals surface area contributed by atoms with Crippen molar-refractivity contribution in [1.82, 2.24) is 0 Å². The molecule has 3 heteroatoms. The average molecular weight is 265 g/mol. The summed E-state index contributed by atoms with van der Waals surface area (Å²) in [7, 11) is 0. The number of halogens is 2. The highest BCUT2D eigenvalue weighted by Gasteiger charge is 2.16. The maximum Gasteiger partial charge on any atom is 0.147 e. The van der Waals surface area contributed by atoms with Crippen LogP contribution in [0.5, 0.6) is 0 Å². The molecule has 1 atom stereocenters. The summed E-state index contributed by atoms with van der Waals surface area (Å²) in [5, 5.41) is 10.1. The molecule has 0 saturated carbocycles. The highest BCUT2D eigenvalue weighted by molar-refractivity contribution is 6.30. The lowest BCUT2D eigenvalue weighted by molar-refractivity contribution is 0.173. The molecule has 94 valence electrons. The largest absolute Gasteiger partial charge is 0.388 e. The second-order valence-corrected chi connectivity index (χ2v) is 4.70. The van der Waals surface area contributed by atoms with Crippen LogP contribution in [0.1, 0.15) is 22.8 Å². The maximum atomic E-state index is 13.8. The second kappa shape index (κ2) is 5.51. The molecule has 1 unspecified atom stereocenters. The lowest BCUT2D eigenvalue weighted by Crippen LogP contribution is -2.05. The number of hydrogen-bond acceptors (Lipinski definition) is 1. The van der Waals surface area contributed by atoms with Crippen LogP contribution in [0.15, 0.2) is 42.5 Å². The molecule has 1 nitrogen and oxygen atoms in total. The Hall–Kier alpha value is -1.38. The van der Waals surface area contributed by atoms with Gasteiger partial charge in [0.15, 0.2) is 0 Å². The Morgan fingerprint density at radius 2 is 1.89 bits per heavy atom. The third-order valence-corrected chi connectivity index (χ3v) is 3.31. The number of aliphatic hydroxyl groups is 1. The van der Waals surface area contributed by atoms with E-state index in [1.807, 2.05) is 31.2 Å². The average Bonchev–Trinajstić information content (AvgIpc) is 2.35. The van der Waals surface area contributed by atoms with Crippen molar-refractivity contribution >= 4 is 11.6 Å². The van der Waals surface area contributed by atoms with Crippen LogP contribution in [0, 0.1) is 12.7 Å². The minimum absolute atomic E-state index is 0.0383. The number of rotatable bonds is 3.